The molecule has 0 bridgehead atoms. The van der Waals surface area contributed by atoms with Gasteiger partial charge < -0.3 is 10.1 Å². The molecule has 1 amide bonds. The number of aryl methyl sites for hydroxylation is 2. The molecule has 20 heavy (non-hydrogen) atoms. The largest absolute Gasteiger partial charge is 0.465 e. The number of hydrogen-bond acceptors (Lipinski definition) is 5. The number of anilines is 1. The standard InChI is InChI=1S/C13H15N3O3S/c1-4-16-10(7-8(2)15-16)12(17)14-9-5-6-20-11(9)13(18)19-3/h5-7H,4H2,1-3H3,(H,14,17). The van der Waals surface area contributed by atoms with E-state index in [0.717, 1.165) is 5.69 Å². The molecular formula is C13H15N3O3S. The van der Waals surface area contributed by atoms with Crippen molar-refractivity contribution in [3.05, 3.63) is 33.8 Å². The van der Waals surface area contributed by atoms with E-state index in [2.05, 4.69) is 15.2 Å². The van der Waals surface area contributed by atoms with Crippen LogP contribution in [-0.4, -0.2) is 28.8 Å². The van der Waals surface area contributed by atoms with Gasteiger partial charge >= 0.3 is 5.97 Å². The summed E-state index contributed by atoms with van der Waals surface area (Å²) in [6, 6.07) is 3.39. The molecule has 2 aromatic rings. The lowest BCUT2D eigenvalue weighted by atomic mass is 10.3. The van der Waals surface area contributed by atoms with E-state index in [4.69, 9.17) is 0 Å². The third kappa shape index (κ3) is 2.72. The van der Waals surface area contributed by atoms with Crippen molar-refractivity contribution in [2.75, 3.05) is 12.4 Å². The van der Waals surface area contributed by atoms with E-state index in [1.54, 1.807) is 22.2 Å². The molecule has 0 atom stereocenters. The van der Waals surface area contributed by atoms with Crippen LogP contribution in [0.1, 0.15) is 32.8 Å². The number of nitrogens with one attached hydrogen (secondary N) is 1. The Labute approximate surface area is 120 Å². The molecule has 7 heteroatoms. The summed E-state index contributed by atoms with van der Waals surface area (Å²) in [5.41, 5.74) is 1.69. The number of carbonyl (C=O) groups is 2. The molecule has 0 aliphatic carbocycles. The average molecular weight is 293 g/mol. The monoisotopic (exact) mass is 293 g/mol. The first-order chi connectivity index (χ1) is 9.56. The van der Waals surface area contributed by atoms with Crippen molar-refractivity contribution in [3.8, 4) is 0 Å². The SMILES string of the molecule is CCn1nc(C)cc1C(=O)Nc1ccsc1C(=O)OC. The molecule has 0 aromatic carbocycles. The first-order valence-corrected chi connectivity index (χ1v) is 6.96. The number of carbonyl (C=O) groups excluding carboxylic acids is 2. The van der Waals surface area contributed by atoms with Gasteiger partial charge in [0, 0.05) is 6.54 Å². The van der Waals surface area contributed by atoms with Crippen LogP contribution >= 0.6 is 11.3 Å². The van der Waals surface area contributed by atoms with E-state index in [1.165, 1.54) is 18.4 Å². The number of rotatable bonds is 4. The molecule has 0 aliphatic heterocycles. The van der Waals surface area contributed by atoms with E-state index in [1.807, 2.05) is 13.8 Å². The molecule has 0 saturated heterocycles. The summed E-state index contributed by atoms with van der Waals surface area (Å²) in [6.45, 7) is 4.34. The summed E-state index contributed by atoms with van der Waals surface area (Å²) in [5, 5.41) is 8.67. The van der Waals surface area contributed by atoms with E-state index in [9.17, 15) is 9.59 Å². The lowest BCUT2D eigenvalue weighted by molar-refractivity contribution is 0.0607. The fourth-order valence-corrected chi connectivity index (χ4v) is 2.58. The molecule has 106 valence electrons. The second kappa shape index (κ2) is 5.87. The van der Waals surface area contributed by atoms with Crippen molar-refractivity contribution in [2.45, 2.75) is 20.4 Å². The van der Waals surface area contributed by atoms with Gasteiger partial charge in [0.1, 0.15) is 10.6 Å². The van der Waals surface area contributed by atoms with Crippen molar-refractivity contribution in [1.29, 1.82) is 0 Å². The number of aromatic nitrogens is 2. The Morgan fingerprint density at radius 1 is 1.50 bits per heavy atom. The van der Waals surface area contributed by atoms with E-state index >= 15 is 0 Å². The summed E-state index contributed by atoms with van der Waals surface area (Å²) in [6.07, 6.45) is 0. The number of nitrogens with zero attached hydrogens (tertiary/aromatic N) is 2. The molecule has 0 aliphatic rings. The molecule has 0 unspecified atom stereocenters. The highest BCUT2D eigenvalue weighted by atomic mass is 32.1. The van der Waals surface area contributed by atoms with Gasteiger partial charge in [-0.3, -0.25) is 9.48 Å². The number of esters is 1. The third-order valence-electron chi connectivity index (χ3n) is 2.72. The van der Waals surface area contributed by atoms with Crippen LogP contribution in [0.4, 0.5) is 5.69 Å². The van der Waals surface area contributed by atoms with Crippen molar-refractivity contribution in [1.82, 2.24) is 9.78 Å². The highest BCUT2D eigenvalue weighted by molar-refractivity contribution is 7.12. The number of ether oxygens (including phenoxy) is 1. The van der Waals surface area contributed by atoms with Crippen LogP contribution < -0.4 is 5.32 Å². The molecule has 1 N–H and O–H groups in total. The Hall–Kier alpha value is -2.15. The normalized spacial score (nSPS) is 10.3. The second-order valence-electron chi connectivity index (χ2n) is 4.10. The lowest BCUT2D eigenvalue weighted by Gasteiger charge is -2.06. The zero-order valence-electron chi connectivity index (χ0n) is 11.5. The Morgan fingerprint density at radius 3 is 2.90 bits per heavy atom. The Bertz CT molecular complexity index is 645. The molecule has 2 aromatic heterocycles. The van der Waals surface area contributed by atoms with Gasteiger partial charge in [-0.2, -0.15) is 5.10 Å². The maximum Gasteiger partial charge on any atom is 0.350 e. The molecular weight excluding hydrogens is 278 g/mol. The van der Waals surface area contributed by atoms with Crippen molar-refractivity contribution in [2.24, 2.45) is 0 Å². The summed E-state index contributed by atoms with van der Waals surface area (Å²) in [4.78, 5) is 24.2. The van der Waals surface area contributed by atoms with Crippen molar-refractivity contribution >= 4 is 28.9 Å². The minimum Gasteiger partial charge on any atom is -0.465 e. The fraction of sp³-hybridized carbons (Fsp3) is 0.308. The average Bonchev–Trinajstić information content (AvgIpc) is 3.04. The van der Waals surface area contributed by atoms with Crippen LogP contribution in [0.2, 0.25) is 0 Å². The van der Waals surface area contributed by atoms with Gasteiger partial charge in [0.05, 0.1) is 18.5 Å². The molecule has 2 rings (SSSR count). The third-order valence-corrected chi connectivity index (χ3v) is 3.61. The van der Waals surface area contributed by atoms with Gasteiger partial charge in [0.25, 0.3) is 5.91 Å². The van der Waals surface area contributed by atoms with Gasteiger partial charge in [-0.15, -0.1) is 11.3 Å². The number of hydrogen-bond donors (Lipinski definition) is 1. The molecule has 2 heterocycles. The van der Waals surface area contributed by atoms with Crippen LogP contribution in [0, 0.1) is 6.92 Å². The molecule has 0 saturated carbocycles. The topological polar surface area (TPSA) is 73.2 Å². The van der Waals surface area contributed by atoms with Gasteiger partial charge in [-0.05, 0) is 31.4 Å². The summed E-state index contributed by atoms with van der Waals surface area (Å²) in [7, 11) is 1.31. The first kappa shape index (κ1) is 14.3. The maximum atomic E-state index is 12.2. The fourth-order valence-electron chi connectivity index (χ4n) is 1.81. The van der Waals surface area contributed by atoms with Crippen molar-refractivity contribution in [3.63, 3.8) is 0 Å². The Kier molecular flexibility index (Phi) is 4.19. The Morgan fingerprint density at radius 2 is 2.25 bits per heavy atom. The van der Waals surface area contributed by atoms with Gasteiger partial charge in [-0.25, -0.2) is 4.79 Å². The Balaban J connectivity index is 2.24. The predicted molar refractivity (Wildman–Crippen MR) is 76.2 cm³/mol. The van der Waals surface area contributed by atoms with Crippen LogP contribution in [0.3, 0.4) is 0 Å². The highest BCUT2D eigenvalue weighted by Crippen LogP contribution is 2.23. The van der Waals surface area contributed by atoms with Crippen LogP contribution in [0.15, 0.2) is 17.5 Å². The zero-order chi connectivity index (χ0) is 14.7. The number of amides is 1. The number of thiophene rings is 1. The predicted octanol–water partition coefficient (Wildman–Crippen LogP) is 2.31. The van der Waals surface area contributed by atoms with Crippen LogP contribution in [0.5, 0.6) is 0 Å². The molecule has 0 fully saturated rings. The minimum atomic E-state index is -0.463. The maximum absolute atomic E-state index is 12.2. The van der Waals surface area contributed by atoms with E-state index in [0.29, 0.717) is 22.8 Å². The summed E-state index contributed by atoms with van der Waals surface area (Å²) in [5.74, 6) is -0.758. The molecule has 6 nitrogen and oxygen atoms in total. The van der Waals surface area contributed by atoms with Crippen molar-refractivity contribution < 1.29 is 14.3 Å². The molecule has 0 spiro atoms. The van der Waals surface area contributed by atoms with Gasteiger partial charge in [-0.1, -0.05) is 0 Å². The van der Waals surface area contributed by atoms with E-state index < -0.39 is 5.97 Å². The van der Waals surface area contributed by atoms with Crippen LogP contribution in [-0.2, 0) is 11.3 Å². The number of methoxy groups -OCH3 is 1. The lowest BCUT2D eigenvalue weighted by Crippen LogP contribution is -2.18. The minimum absolute atomic E-state index is 0.295. The smallest absolute Gasteiger partial charge is 0.350 e. The zero-order valence-corrected chi connectivity index (χ0v) is 12.3. The van der Waals surface area contributed by atoms with Gasteiger partial charge in [0.2, 0.25) is 0 Å². The summed E-state index contributed by atoms with van der Waals surface area (Å²) < 4.78 is 6.29. The quantitative estimate of drug-likeness (QED) is 0.878. The molecule has 0 radical (unpaired) electrons. The van der Waals surface area contributed by atoms with Gasteiger partial charge in [0.15, 0.2) is 0 Å². The highest BCUT2D eigenvalue weighted by Gasteiger charge is 2.18. The van der Waals surface area contributed by atoms with E-state index in [-0.39, 0.29) is 5.91 Å². The second-order valence-corrected chi connectivity index (χ2v) is 5.01. The first-order valence-electron chi connectivity index (χ1n) is 6.08. The van der Waals surface area contributed by atoms with Crippen LogP contribution in [0.25, 0.3) is 0 Å². The summed E-state index contributed by atoms with van der Waals surface area (Å²) >= 11 is 1.22.